The predicted octanol–water partition coefficient (Wildman–Crippen LogP) is 5.90. The van der Waals surface area contributed by atoms with Crippen molar-refractivity contribution in [2.45, 2.75) is 51.1 Å². The van der Waals surface area contributed by atoms with Crippen molar-refractivity contribution in [3.8, 4) is 22.4 Å². The monoisotopic (exact) mass is 599 g/mol. The molecule has 1 fully saturated rings. The number of ether oxygens (including phenoxy) is 2. The Morgan fingerprint density at radius 1 is 1.25 bits per heavy atom. The van der Waals surface area contributed by atoms with Crippen molar-refractivity contribution in [1.29, 1.82) is 0 Å². The SMILES string of the molecule is CSc1ncc2cc(-c3ccc(-c4csc(C)n4)cc3Cl)c(=O)n(C[C@@H]3CN(C(=O)OC(C)(C)C)CCO3)c2n1. The van der Waals surface area contributed by atoms with Crippen molar-refractivity contribution in [2.24, 2.45) is 0 Å². The van der Waals surface area contributed by atoms with E-state index in [1.807, 2.05) is 57.5 Å². The summed E-state index contributed by atoms with van der Waals surface area (Å²) in [4.78, 5) is 42.0. The highest BCUT2D eigenvalue weighted by Crippen LogP contribution is 2.32. The van der Waals surface area contributed by atoms with Crippen molar-refractivity contribution in [3.63, 3.8) is 0 Å². The molecule has 12 heteroatoms. The van der Waals surface area contributed by atoms with E-state index in [1.54, 1.807) is 33.1 Å². The van der Waals surface area contributed by atoms with Crippen LogP contribution in [0.3, 0.4) is 0 Å². The maximum atomic E-state index is 14.0. The molecule has 4 heterocycles. The quantitative estimate of drug-likeness (QED) is 0.206. The zero-order chi connectivity index (χ0) is 28.6. The molecule has 1 aromatic carbocycles. The van der Waals surface area contributed by atoms with Crippen LogP contribution in [0.1, 0.15) is 25.8 Å². The lowest BCUT2D eigenvalue weighted by molar-refractivity contribution is -0.0472. The van der Waals surface area contributed by atoms with Crippen LogP contribution in [0, 0.1) is 6.92 Å². The largest absolute Gasteiger partial charge is 0.444 e. The molecule has 0 bridgehead atoms. The number of carbonyl (C=O) groups excluding carboxylic acids is 1. The first-order valence-electron chi connectivity index (χ1n) is 12.8. The molecule has 1 aliphatic heterocycles. The number of pyridine rings is 1. The van der Waals surface area contributed by atoms with Gasteiger partial charge in [-0.1, -0.05) is 35.5 Å². The highest BCUT2D eigenvalue weighted by molar-refractivity contribution is 7.98. The third-order valence-corrected chi connectivity index (χ3v) is 7.99. The number of benzene rings is 1. The molecule has 1 saturated heterocycles. The third-order valence-electron chi connectivity index (χ3n) is 6.34. The number of carbonyl (C=O) groups is 1. The maximum absolute atomic E-state index is 14.0. The molecule has 1 aliphatic rings. The summed E-state index contributed by atoms with van der Waals surface area (Å²) >= 11 is 9.71. The number of hydrogen-bond acceptors (Lipinski definition) is 9. The van der Waals surface area contributed by atoms with Crippen molar-refractivity contribution < 1.29 is 14.3 Å². The number of morpholine rings is 1. The smallest absolute Gasteiger partial charge is 0.410 e. The van der Waals surface area contributed by atoms with Gasteiger partial charge in [-0.15, -0.1) is 11.3 Å². The molecule has 40 heavy (non-hydrogen) atoms. The first kappa shape index (κ1) is 28.5. The number of aryl methyl sites for hydroxylation is 1. The lowest BCUT2D eigenvalue weighted by Gasteiger charge is -2.34. The molecule has 0 spiro atoms. The van der Waals surface area contributed by atoms with E-state index in [-0.39, 0.29) is 18.6 Å². The molecule has 0 unspecified atom stereocenters. The van der Waals surface area contributed by atoms with Crippen molar-refractivity contribution in [1.82, 2.24) is 24.4 Å². The van der Waals surface area contributed by atoms with Crippen LogP contribution in [-0.2, 0) is 16.0 Å². The van der Waals surface area contributed by atoms with E-state index in [0.29, 0.717) is 45.5 Å². The second-order valence-corrected chi connectivity index (χ2v) is 12.7. The van der Waals surface area contributed by atoms with Crippen LogP contribution in [0.4, 0.5) is 4.79 Å². The molecule has 0 radical (unpaired) electrons. The van der Waals surface area contributed by atoms with Gasteiger partial charge < -0.3 is 14.4 Å². The minimum Gasteiger partial charge on any atom is -0.444 e. The van der Waals surface area contributed by atoms with Gasteiger partial charge >= 0.3 is 6.09 Å². The first-order valence-corrected chi connectivity index (χ1v) is 15.3. The van der Waals surface area contributed by atoms with Crippen LogP contribution < -0.4 is 5.56 Å². The molecular weight excluding hydrogens is 570 g/mol. The van der Waals surface area contributed by atoms with Gasteiger partial charge in [0, 0.05) is 45.2 Å². The van der Waals surface area contributed by atoms with E-state index in [2.05, 4.69) is 15.0 Å². The summed E-state index contributed by atoms with van der Waals surface area (Å²) < 4.78 is 13.2. The highest BCUT2D eigenvalue weighted by Gasteiger charge is 2.29. The lowest BCUT2D eigenvalue weighted by atomic mass is 10.0. The Labute approximate surface area is 245 Å². The number of thioether (sulfide) groups is 1. The Balaban J connectivity index is 1.53. The second-order valence-electron chi connectivity index (χ2n) is 10.5. The van der Waals surface area contributed by atoms with E-state index in [9.17, 15) is 9.59 Å². The lowest BCUT2D eigenvalue weighted by Crippen LogP contribution is -2.49. The van der Waals surface area contributed by atoms with E-state index in [1.165, 1.54) is 11.8 Å². The molecular formula is C28H30ClN5O4S2. The van der Waals surface area contributed by atoms with Gasteiger partial charge in [0.25, 0.3) is 5.56 Å². The number of rotatable bonds is 5. The average molecular weight is 600 g/mol. The first-order chi connectivity index (χ1) is 19.0. The van der Waals surface area contributed by atoms with Crippen LogP contribution >= 0.6 is 34.7 Å². The molecule has 3 aromatic heterocycles. The number of nitrogens with zero attached hydrogens (tertiary/aromatic N) is 5. The Kier molecular flexibility index (Phi) is 8.19. The van der Waals surface area contributed by atoms with E-state index >= 15 is 0 Å². The van der Waals surface area contributed by atoms with Gasteiger partial charge in [0.05, 0.1) is 36.5 Å². The summed E-state index contributed by atoms with van der Waals surface area (Å²) in [5, 5.41) is 4.64. The minimum absolute atomic E-state index is 0.196. The van der Waals surface area contributed by atoms with Gasteiger partial charge in [-0.3, -0.25) is 9.36 Å². The summed E-state index contributed by atoms with van der Waals surface area (Å²) in [7, 11) is 0. The van der Waals surface area contributed by atoms with Crippen molar-refractivity contribution in [3.05, 3.63) is 56.2 Å². The number of amides is 1. The number of thiazole rings is 1. The Bertz CT molecular complexity index is 1630. The zero-order valence-electron chi connectivity index (χ0n) is 22.9. The molecule has 4 aromatic rings. The predicted molar refractivity (Wildman–Crippen MR) is 159 cm³/mol. The van der Waals surface area contributed by atoms with Crippen LogP contribution in [0.2, 0.25) is 5.02 Å². The van der Waals surface area contributed by atoms with Crippen LogP contribution in [0.25, 0.3) is 33.4 Å². The maximum Gasteiger partial charge on any atom is 0.410 e. The summed E-state index contributed by atoms with van der Waals surface area (Å²) in [6.45, 7) is 8.69. The molecule has 0 N–H and O–H groups in total. The number of hydrogen-bond donors (Lipinski definition) is 0. The molecule has 1 amide bonds. The van der Waals surface area contributed by atoms with Gasteiger partial charge in [-0.2, -0.15) is 0 Å². The van der Waals surface area contributed by atoms with Crippen molar-refractivity contribution >= 4 is 51.8 Å². The number of halogens is 1. The molecule has 9 nitrogen and oxygen atoms in total. The Morgan fingerprint density at radius 2 is 2.05 bits per heavy atom. The molecule has 1 atom stereocenters. The fourth-order valence-corrected chi connectivity index (χ4v) is 5.76. The van der Waals surface area contributed by atoms with Crippen LogP contribution in [-0.4, -0.2) is 68.2 Å². The third kappa shape index (κ3) is 6.17. The number of aromatic nitrogens is 4. The van der Waals surface area contributed by atoms with Crippen LogP contribution in [0.15, 0.2) is 45.8 Å². The summed E-state index contributed by atoms with van der Waals surface area (Å²) in [6, 6.07) is 7.37. The topological polar surface area (TPSA) is 99.4 Å². The van der Waals surface area contributed by atoms with Gasteiger partial charge in [0.1, 0.15) is 11.2 Å². The molecule has 0 saturated carbocycles. The van der Waals surface area contributed by atoms with E-state index in [0.717, 1.165) is 16.3 Å². The number of fused-ring (bicyclic) bond motifs is 1. The zero-order valence-corrected chi connectivity index (χ0v) is 25.3. The second kappa shape index (κ2) is 11.5. The molecule has 0 aliphatic carbocycles. The standard InChI is InChI=1S/C28H30ClN5O4S2/c1-16-31-23(15-40-16)17-6-7-20(22(29)11-17)21-10-18-12-30-26(39-5)32-24(18)34(25(21)35)14-19-13-33(8-9-37-19)27(36)38-28(2,3)4/h6-7,10-12,15,19H,8-9,13-14H2,1-5H3/t19-/m0/s1. The van der Waals surface area contributed by atoms with Gasteiger partial charge in [-0.05, 0) is 46.1 Å². The highest BCUT2D eigenvalue weighted by atomic mass is 35.5. The van der Waals surface area contributed by atoms with Crippen molar-refractivity contribution in [2.75, 3.05) is 26.0 Å². The average Bonchev–Trinajstić information content (AvgIpc) is 3.35. The van der Waals surface area contributed by atoms with Gasteiger partial charge in [-0.25, -0.2) is 19.7 Å². The molecule has 5 rings (SSSR count). The molecule has 210 valence electrons. The van der Waals surface area contributed by atoms with E-state index in [4.69, 9.17) is 21.1 Å². The van der Waals surface area contributed by atoms with Crippen LogP contribution in [0.5, 0.6) is 0 Å². The fourth-order valence-electron chi connectivity index (χ4n) is 4.52. The summed E-state index contributed by atoms with van der Waals surface area (Å²) in [5.41, 5.74) is 2.39. The minimum atomic E-state index is -0.607. The Morgan fingerprint density at radius 3 is 2.73 bits per heavy atom. The normalized spacial score (nSPS) is 15.9. The fraction of sp³-hybridized carbons (Fsp3) is 0.393. The van der Waals surface area contributed by atoms with E-state index < -0.39 is 17.8 Å². The Hall–Kier alpha value is -2.99. The summed E-state index contributed by atoms with van der Waals surface area (Å²) in [5.74, 6) is 0. The summed E-state index contributed by atoms with van der Waals surface area (Å²) in [6.07, 6.45) is 2.76. The van der Waals surface area contributed by atoms with Gasteiger partial charge in [0.2, 0.25) is 0 Å². The van der Waals surface area contributed by atoms with Gasteiger partial charge in [0.15, 0.2) is 5.16 Å².